The SMILES string of the molecule is CCC(C)NCc1ccccc1CN. The van der Waals surface area contributed by atoms with E-state index in [9.17, 15) is 0 Å². The molecule has 2 heteroatoms. The maximum absolute atomic E-state index is 5.66. The topological polar surface area (TPSA) is 38.0 Å². The van der Waals surface area contributed by atoms with Crippen molar-refractivity contribution in [2.24, 2.45) is 5.73 Å². The Labute approximate surface area is 86.5 Å². The highest BCUT2D eigenvalue weighted by Crippen LogP contribution is 2.07. The molecule has 1 aromatic rings. The van der Waals surface area contributed by atoms with E-state index in [1.165, 1.54) is 11.1 Å². The molecular formula is C12H20N2. The number of hydrogen-bond acceptors (Lipinski definition) is 2. The highest BCUT2D eigenvalue weighted by Gasteiger charge is 2.01. The Morgan fingerprint density at radius 3 is 2.50 bits per heavy atom. The van der Waals surface area contributed by atoms with Gasteiger partial charge < -0.3 is 11.1 Å². The third kappa shape index (κ3) is 3.13. The Kier molecular flexibility index (Phi) is 4.63. The van der Waals surface area contributed by atoms with Gasteiger partial charge in [0.05, 0.1) is 0 Å². The van der Waals surface area contributed by atoms with Gasteiger partial charge in [0.1, 0.15) is 0 Å². The fourth-order valence-electron chi connectivity index (χ4n) is 1.36. The van der Waals surface area contributed by atoms with Gasteiger partial charge in [-0.2, -0.15) is 0 Å². The molecule has 14 heavy (non-hydrogen) atoms. The monoisotopic (exact) mass is 192 g/mol. The van der Waals surface area contributed by atoms with E-state index in [4.69, 9.17) is 5.73 Å². The van der Waals surface area contributed by atoms with Gasteiger partial charge in [0, 0.05) is 19.1 Å². The summed E-state index contributed by atoms with van der Waals surface area (Å²) in [4.78, 5) is 0. The van der Waals surface area contributed by atoms with Crippen molar-refractivity contribution in [2.75, 3.05) is 0 Å². The van der Waals surface area contributed by atoms with Crippen molar-refractivity contribution >= 4 is 0 Å². The van der Waals surface area contributed by atoms with Crippen molar-refractivity contribution in [3.63, 3.8) is 0 Å². The van der Waals surface area contributed by atoms with E-state index < -0.39 is 0 Å². The molecule has 78 valence electrons. The van der Waals surface area contributed by atoms with Crippen molar-refractivity contribution in [3.05, 3.63) is 35.4 Å². The van der Waals surface area contributed by atoms with E-state index in [1.807, 2.05) is 6.07 Å². The average Bonchev–Trinajstić information content (AvgIpc) is 2.26. The lowest BCUT2D eigenvalue weighted by Gasteiger charge is -2.13. The Hall–Kier alpha value is -0.860. The van der Waals surface area contributed by atoms with Gasteiger partial charge >= 0.3 is 0 Å². The van der Waals surface area contributed by atoms with Crippen molar-refractivity contribution < 1.29 is 0 Å². The molecule has 1 rings (SSSR count). The summed E-state index contributed by atoms with van der Waals surface area (Å²) in [6.07, 6.45) is 1.16. The molecule has 0 bridgehead atoms. The van der Waals surface area contributed by atoms with Gasteiger partial charge in [0.2, 0.25) is 0 Å². The van der Waals surface area contributed by atoms with Gasteiger partial charge in [-0.25, -0.2) is 0 Å². The number of nitrogens with one attached hydrogen (secondary N) is 1. The fourth-order valence-corrected chi connectivity index (χ4v) is 1.36. The third-order valence-corrected chi connectivity index (χ3v) is 2.59. The van der Waals surface area contributed by atoms with Crippen LogP contribution in [0.5, 0.6) is 0 Å². The quantitative estimate of drug-likeness (QED) is 0.749. The van der Waals surface area contributed by atoms with Crippen molar-refractivity contribution in [1.82, 2.24) is 5.32 Å². The van der Waals surface area contributed by atoms with Gasteiger partial charge in [-0.15, -0.1) is 0 Å². The van der Waals surface area contributed by atoms with Gasteiger partial charge in [-0.1, -0.05) is 31.2 Å². The third-order valence-electron chi connectivity index (χ3n) is 2.59. The lowest BCUT2D eigenvalue weighted by Crippen LogP contribution is -2.25. The first-order valence-corrected chi connectivity index (χ1v) is 5.28. The molecule has 0 aliphatic carbocycles. The predicted octanol–water partition coefficient (Wildman–Crippen LogP) is 2.03. The lowest BCUT2D eigenvalue weighted by molar-refractivity contribution is 0.532. The molecule has 1 aromatic carbocycles. The molecule has 0 aliphatic rings. The molecule has 0 amide bonds. The van der Waals surface area contributed by atoms with Gasteiger partial charge in [-0.05, 0) is 24.5 Å². The number of rotatable bonds is 5. The fraction of sp³-hybridized carbons (Fsp3) is 0.500. The first-order valence-electron chi connectivity index (χ1n) is 5.28. The van der Waals surface area contributed by atoms with Crippen LogP contribution in [0.4, 0.5) is 0 Å². The molecule has 0 fully saturated rings. The number of benzene rings is 1. The molecule has 0 saturated carbocycles. The predicted molar refractivity (Wildman–Crippen MR) is 60.9 cm³/mol. The second kappa shape index (κ2) is 5.78. The van der Waals surface area contributed by atoms with Crippen LogP contribution in [0.15, 0.2) is 24.3 Å². The molecular weight excluding hydrogens is 172 g/mol. The van der Waals surface area contributed by atoms with Gasteiger partial charge in [-0.3, -0.25) is 0 Å². The molecule has 0 aromatic heterocycles. The van der Waals surface area contributed by atoms with Gasteiger partial charge in [0.25, 0.3) is 0 Å². The summed E-state index contributed by atoms with van der Waals surface area (Å²) in [5, 5.41) is 3.47. The van der Waals surface area contributed by atoms with Crippen LogP contribution >= 0.6 is 0 Å². The van der Waals surface area contributed by atoms with Crippen molar-refractivity contribution in [3.8, 4) is 0 Å². The second-order valence-corrected chi connectivity index (χ2v) is 3.66. The van der Waals surface area contributed by atoms with Crippen LogP contribution in [0, 0.1) is 0 Å². The maximum atomic E-state index is 5.66. The molecule has 0 radical (unpaired) electrons. The van der Waals surface area contributed by atoms with Crippen LogP contribution < -0.4 is 11.1 Å². The van der Waals surface area contributed by atoms with E-state index in [-0.39, 0.29) is 0 Å². The second-order valence-electron chi connectivity index (χ2n) is 3.66. The Bertz CT molecular complexity index is 271. The van der Waals surface area contributed by atoms with E-state index >= 15 is 0 Å². The lowest BCUT2D eigenvalue weighted by atomic mass is 10.1. The summed E-state index contributed by atoms with van der Waals surface area (Å²) >= 11 is 0. The van der Waals surface area contributed by atoms with E-state index in [0.717, 1.165) is 13.0 Å². The Morgan fingerprint density at radius 1 is 1.29 bits per heavy atom. The summed E-state index contributed by atoms with van der Waals surface area (Å²) in [5.74, 6) is 0. The first kappa shape index (κ1) is 11.2. The average molecular weight is 192 g/mol. The van der Waals surface area contributed by atoms with Crippen LogP contribution in [0.1, 0.15) is 31.4 Å². The van der Waals surface area contributed by atoms with Crippen LogP contribution in [0.3, 0.4) is 0 Å². The first-order chi connectivity index (χ1) is 6.77. The van der Waals surface area contributed by atoms with E-state index in [0.29, 0.717) is 12.6 Å². The Balaban J connectivity index is 2.57. The molecule has 0 aliphatic heterocycles. The minimum atomic E-state index is 0.570. The van der Waals surface area contributed by atoms with Crippen LogP contribution in [-0.4, -0.2) is 6.04 Å². The maximum Gasteiger partial charge on any atom is 0.0211 e. The summed E-state index contributed by atoms with van der Waals surface area (Å²) < 4.78 is 0. The van der Waals surface area contributed by atoms with Gasteiger partial charge in [0.15, 0.2) is 0 Å². The van der Waals surface area contributed by atoms with E-state index in [2.05, 4.69) is 37.4 Å². The zero-order valence-corrected chi connectivity index (χ0v) is 9.09. The molecule has 0 saturated heterocycles. The molecule has 1 atom stereocenters. The summed E-state index contributed by atoms with van der Waals surface area (Å²) in [7, 11) is 0. The van der Waals surface area contributed by atoms with Crippen LogP contribution in [0.2, 0.25) is 0 Å². The summed E-state index contributed by atoms with van der Waals surface area (Å²) in [5.41, 5.74) is 8.22. The zero-order chi connectivity index (χ0) is 10.4. The highest BCUT2D eigenvalue weighted by molar-refractivity contribution is 5.26. The Morgan fingerprint density at radius 2 is 1.93 bits per heavy atom. The highest BCUT2D eigenvalue weighted by atomic mass is 14.9. The normalized spacial score (nSPS) is 12.8. The smallest absolute Gasteiger partial charge is 0.0211 e. The van der Waals surface area contributed by atoms with E-state index in [1.54, 1.807) is 0 Å². The molecule has 1 unspecified atom stereocenters. The van der Waals surface area contributed by atoms with Crippen molar-refractivity contribution in [1.29, 1.82) is 0 Å². The molecule has 3 N–H and O–H groups in total. The molecule has 0 spiro atoms. The summed E-state index contributed by atoms with van der Waals surface area (Å²) in [6, 6.07) is 8.90. The molecule has 2 nitrogen and oxygen atoms in total. The summed E-state index contributed by atoms with van der Waals surface area (Å²) in [6.45, 7) is 5.93. The zero-order valence-electron chi connectivity index (χ0n) is 9.09. The standard InChI is InChI=1S/C12H20N2/c1-3-10(2)14-9-12-7-5-4-6-11(12)8-13/h4-7,10,14H,3,8-9,13H2,1-2H3. The van der Waals surface area contributed by atoms with Crippen LogP contribution in [0.25, 0.3) is 0 Å². The molecule has 0 heterocycles. The minimum Gasteiger partial charge on any atom is -0.326 e. The number of nitrogens with two attached hydrogens (primary N) is 1. The van der Waals surface area contributed by atoms with Crippen molar-refractivity contribution in [2.45, 2.75) is 39.4 Å². The van der Waals surface area contributed by atoms with Crippen LogP contribution in [-0.2, 0) is 13.1 Å². The number of hydrogen-bond donors (Lipinski definition) is 2. The minimum absolute atomic E-state index is 0.570. The largest absolute Gasteiger partial charge is 0.326 e.